The van der Waals surface area contributed by atoms with Gasteiger partial charge in [-0.05, 0) is 48.9 Å². The second kappa shape index (κ2) is 6.34. The Morgan fingerprint density at radius 2 is 1.85 bits per heavy atom. The number of nitrogens with one attached hydrogen (secondary N) is 1. The third-order valence-corrected chi connectivity index (χ3v) is 3.23. The van der Waals surface area contributed by atoms with E-state index in [9.17, 15) is 4.79 Å². The molecule has 0 atom stereocenters. The Bertz CT molecular complexity index is 650. The molecule has 0 heterocycles. The monoisotopic (exact) mass is 331 g/mol. The molecule has 3 N–H and O–H groups in total. The summed E-state index contributed by atoms with van der Waals surface area (Å²) in [5.41, 5.74) is 10.9. The smallest absolute Gasteiger partial charge is 0.271 e. The Morgan fingerprint density at radius 1 is 1.15 bits per heavy atom. The van der Waals surface area contributed by atoms with Crippen LogP contribution in [0.3, 0.4) is 0 Å². The van der Waals surface area contributed by atoms with E-state index in [4.69, 9.17) is 5.73 Å². The van der Waals surface area contributed by atoms with Gasteiger partial charge in [0.25, 0.3) is 5.91 Å². The van der Waals surface area contributed by atoms with Crippen molar-refractivity contribution in [1.29, 1.82) is 0 Å². The lowest BCUT2D eigenvalue weighted by Gasteiger charge is -2.04. The molecule has 1 amide bonds. The van der Waals surface area contributed by atoms with Gasteiger partial charge in [0.2, 0.25) is 0 Å². The van der Waals surface area contributed by atoms with Crippen molar-refractivity contribution in [3.63, 3.8) is 0 Å². The first-order chi connectivity index (χ1) is 9.56. The average molecular weight is 332 g/mol. The zero-order valence-corrected chi connectivity index (χ0v) is 12.5. The van der Waals surface area contributed by atoms with Gasteiger partial charge in [-0.2, -0.15) is 5.10 Å². The minimum absolute atomic E-state index is 0.264. The molecule has 20 heavy (non-hydrogen) atoms. The van der Waals surface area contributed by atoms with E-state index in [1.165, 1.54) is 0 Å². The van der Waals surface area contributed by atoms with Crippen LogP contribution in [0.4, 0.5) is 5.69 Å². The molecule has 2 aromatic rings. The van der Waals surface area contributed by atoms with E-state index in [0.29, 0.717) is 11.3 Å². The lowest BCUT2D eigenvalue weighted by atomic mass is 10.1. The van der Waals surface area contributed by atoms with Crippen LogP contribution in [-0.4, -0.2) is 11.6 Å². The molecule has 2 aromatic carbocycles. The van der Waals surface area contributed by atoms with Gasteiger partial charge in [0.15, 0.2) is 0 Å². The molecule has 0 aliphatic carbocycles. The molecule has 2 rings (SSSR count). The summed E-state index contributed by atoms with van der Waals surface area (Å²) in [4.78, 5) is 11.9. The third kappa shape index (κ3) is 3.68. The molecule has 0 spiro atoms. The average Bonchev–Trinajstić information content (AvgIpc) is 2.45. The summed E-state index contributed by atoms with van der Waals surface area (Å²) in [7, 11) is 0. The summed E-state index contributed by atoms with van der Waals surface area (Å²) in [5, 5.41) is 4.10. The molecular formula is C15H14BrN3O. The molecule has 5 heteroatoms. The Morgan fingerprint density at radius 3 is 2.50 bits per heavy atom. The first kappa shape index (κ1) is 14.3. The second-order valence-corrected chi connectivity index (χ2v) is 5.19. The number of hydrogen-bond donors (Lipinski definition) is 2. The first-order valence-electron chi connectivity index (χ1n) is 6.02. The number of nitrogens with two attached hydrogens (primary N) is 1. The normalized spacial score (nSPS) is 11.2. The van der Waals surface area contributed by atoms with E-state index in [-0.39, 0.29) is 5.91 Å². The van der Waals surface area contributed by atoms with Gasteiger partial charge >= 0.3 is 0 Å². The minimum Gasteiger partial charge on any atom is -0.399 e. The van der Waals surface area contributed by atoms with Crippen molar-refractivity contribution >= 4 is 33.2 Å². The lowest BCUT2D eigenvalue weighted by Crippen LogP contribution is -2.19. The van der Waals surface area contributed by atoms with Gasteiger partial charge in [0.1, 0.15) is 0 Å². The van der Waals surface area contributed by atoms with Crippen LogP contribution in [-0.2, 0) is 0 Å². The van der Waals surface area contributed by atoms with Crippen LogP contribution in [0.1, 0.15) is 22.8 Å². The van der Waals surface area contributed by atoms with Crippen molar-refractivity contribution < 1.29 is 4.79 Å². The molecule has 0 bridgehead atoms. The molecular weight excluding hydrogens is 318 g/mol. The fraction of sp³-hybridized carbons (Fsp3) is 0.0667. The molecule has 4 nitrogen and oxygen atoms in total. The van der Waals surface area contributed by atoms with Crippen molar-refractivity contribution in [2.75, 3.05) is 5.73 Å². The fourth-order valence-electron chi connectivity index (χ4n) is 1.61. The van der Waals surface area contributed by atoms with Crippen LogP contribution in [0.25, 0.3) is 0 Å². The van der Waals surface area contributed by atoms with E-state index in [1.807, 2.05) is 31.2 Å². The van der Waals surface area contributed by atoms with Crippen molar-refractivity contribution in [1.82, 2.24) is 5.43 Å². The van der Waals surface area contributed by atoms with Crippen molar-refractivity contribution in [3.8, 4) is 0 Å². The molecule has 0 fully saturated rings. The van der Waals surface area contributed by atoms with Crippen LogP contribution in [0.2, 0.25) is 0 Å². The van der Waals surface area contributed by atoms with Crippen LogP contribution in [0.15, 0.2) is 58.1 Å². The quantitative estimate of drug-likeness (QED) is 0.515. The first-order valence-corrected chi connectivity index (χ1v) is 6.81. The van der Waals surface area contributed by atoms with Gasteiger partial charge in [0.05, 0.1) is 5.71 Å². The van der Waals surface area contributed by atoms with Gasteiger partial charge in [-0.25, -0.2) is 5.43 Å². The summed E-state index contributed by atoms with van der Waals surface area (Å²) in [6, 6.07) is 14.4. The highest BCUT2D eigenvalue weighted by molar-refractivity contribution is 9.10. The molecule has 0 aliphatic rings. The summed E-state index contributed by atoms with van der Waals surface area (Å²) in [6.45, 7) is 1.84. The van der Waals surface area contributed by atoms with Gasteiger partial charge in [-0.3, -0.25) is 4.79 Å². The Hall–Kier alpha value is -2.14. The number of halogens is 1. The zero-order valence-electron chi connectivity index (χ0n) is 10.9. The Kier molecular flexibility index (Phi) is 4.53. The highest BCUT2D eigenvalue weighted by Gasteiger charge is 2.04. The number of carbonyl (C=O) groups is 1. The van der Waals surface area contributed by atoms with Crippen molar-refractivity contribution in [2.24, 2.45) is 5.10 Å². The van der Waals surface area contributed by atoms with Crippen LogP contribution < -0.4 is 11.2 Å². The van der Waals surface area contributed by atoms with Crippen molar-refractivity contribution in [2.45, 2.75) is 6.92 Å². The molecule has 0 radical (unpaired) electrons. The standard InChI is InChI=1S/C15H14BrN3O/c1-10(12-3-2-4-13(16)9-12)18-19-15(20)11-5-7-14(17)8-6-11/h2-9H,17H2,1H3,(H,19,20)/b18-10+. The number of hydrazone groups is 1. The minimum atomic E-state index is -0.264. The van der Waals surface area contributed by atoms with Crippen LogP contribution >= 0.6 is 15.9 Å². The summed E-state index contributed by atoms with van der Waals surface area (Å²) < 4.78 is 0.967. The number of nitrogen functional groups attached to an aromatic ring is 1. The number of anilines is 1. The second-order valence-electron chi connectivity index (χ2n) is 4.27. The van der Waals surface area contributed by atoms with Gasteiger partial charge in [0, 0.05) is 15.7 Å². The molecule has 102 valence electrons. The zero-order chi connectivity index (χ0) is 14.5. The van der Waals surface area contributed by atoms with E-state index >= 15 is 0 Å². The summed E-state index contributed by atoms with van der Waals surface area (Å²) in [6.07, 6.45) is 0. The molecule has 0 unspecified atom stereocenters. The maximum absolute atomic E-state index is 11.9. The fourth-order valence-corrected chi connectivity index (χ4v) is 2.01. The van der Waals surface area contributed by atoms with E-state index in [2.05, 4.69) is 26.5 Å². The molecule has 0 saturated heterocycles. The van der Waals surface area contributed by atoms with Crippen LogP contribution in [0.5, 0.6) is 0 Å². The maximum Gasteiger partial charge on any atom is 0.271 e. The number of amides is 1. The number of hydrogen-bond acceptors (Lipinski definition) is 3. The number of rotatable bonds is 3. The number of nitrogens with zero attached hydrogens (tertiary/aromatic N) is 1. The summed E-state index contributed by atoms with van der Waals surface area (Å²) in [5.74, 6) is -0.264. The highest BCUT2D eigenvalue weighted by Crippen LogP contribution is 2.12. The largest absolute Gasteiger partial charge is 0.399 e. The van der Waals surface area contributed by atoms with Crippen molar-refractivity contribution in [3.05, 3.63) is 64.1 Å². The highest BCUT2D eigenvalue weighted by atomic mass is 79.9. The van der Waals surface area contributed by atoms with Gasteiger partial charge < -0.3 is 5.73 Å². The predicted molar refractivity (Wildman–Crippen MR) is 84.7 cm³/mol. The maximum atomic E-state index is 11.9. The number of carbonyl (C=O) groups excluding carboxylic acids is 1. The third-order valence-electron chi connectivity index (χ3n) is 2.74. The Labute approximate surface area is 125 Å². The Balaban J connectivity index is 2.08. The topological polar surface area (TPSA) is 67.5 Å². The molecule has 0 aromatic heterocycles. The van der Waals surface area contributed by atoms with Gasteiger partial charge in [-0.1, -0.05) is 28.1 Å². The van der Waals surface area contributed by atoms with Crippen LogP contribution in [0, 0.1) is 0 Å². The SMILES string of the molecule is C/C(=N\NC(=O)c1ccc(N)cc1)c1cccc(Br)c1. The number of benzene rings is 2. The van der Waals surface area contributed by atoms with E-state index in [0.717, 1.165) is 15.7 Å². The molecule has 0 aliphatic heterocycles. The predicted octanol–water partition coefficient (Wildman–Crippen LogP) is 3.19. The van der Waals surface area contributed by atoms with Gasteiger partial charge in [-0.15, -0.1) is 0 Å². The molecule has 0 saturated carbocycles. The lowest BCUT2D eigenvalue weighted by molar-refractivity contribution is 0.0955. The van der Waals surface area contributed by atoms with E-state index < -0.39 is 0 Å². The summed E-state index contributed by atoms with van der Waals surface area (Å²) >= 11 is 3.40. The van der Waals surface area contributed by atoms with E-state index in [1.54, 1.807) is 24.3 Å².